The van der Waals surface area contributed by atoms with Gasteiger partial charge in [0.05, 0.1) is 0 Å². The summed E-state index contributed by atoms with van der Waals surface area (Å²) in [6, 6.07) is 38.7. The number of rotatable bonds is 7. The van der Waals surface area contributed by atoms with E-state index in [1.54, 1.807) is 13.2 Å². The quantitative estimate of drug-likeness (QED) is 0.486. The second-order valence-electron chi connectivity index (χ2n) is 7.19. The zero-order valence-electron chi connectivity index (χ0n) is 16.3. The van der Waals surface area contributed by atoms with Crippen LogP contribution in [0.4, 0.5) is 0 Å². The summed E-state index contributed by atoms with van der Waals surface area (Å²) in [4.78, 5) is 0. The Hall–Kier alpha value is -1.58. The Morgan fingerprint density at radius 3 is 1.00 bits per heavy atom. The van der Waals surface area contributed by atoms with E-state index < -0.39 is 19.2 Å². The molecule has 0 aliphatic carbocycles. The van der Waals surface area contributed by atoms with E-state index in [1.165, 1.54) is 18.1 Å². The van der Waals surface area contributed by atoms with Crippen LogP contribution in [0.15, 0.2) is 91.0 Å². The Morgan fingerprint density at radius 2 is 0.769 bits per heavy atom. The number of hydrogen-bond acceptors (Lipinski definition) is 0. The first-order valence-corrected chi connectivity index (χ1v) is 18.8. The van der Waals surface area contributed by atoms with E-state index in [4.69, 9.17) is 0 Å². The molecule has 0 aliphatic rings. The average molecular weight is 419 g/mol. The summed E-state index contributed by atoms with van der Waals surface area (Å²) < 4.78 is 4.92. The van der Waals surface area contributed by atoms with Gasteiger partial charge in [-0.1, -0.05) is 0 Å². The Balaban J connectivity index is 2.47. The molecule has 3 rings (SSSR count). The average Bonchev–Trinajstić information content (AvgIpc) is 2.74. The van der Waals surface area contributed by atoms with Crippen LogP contribution in [-0.4, -0.2) is 19.2 Å². The molecule has 0 fully saturated rings. The molecule has 0 spiro atoms. The van der Waals surface area contributed by atoms with Crippen molar-refractivity contribution in [1.29, 1.82) is 0 Å². The van der Waals surface area contributed by atoms with Gasteiger partial charge < -0.3 is 0 Å². The molecule has 0 atom stereocenters. The second kappa shape index (κ2) is 8.41. The third kappa shape index (κ3) is 3.01. The predicted octanol–water partition coefficient (Wildman–Crippen LogP) is 4.74. The molecule has 0 bridgehead atoms. The molecule has 0 aliphatic heterocycles. The van der Waals surface area contributed by atoms with E-state index >= 15 is 0 Å². The molecule has 0 aromatic heterocycles. The summed E-state index contributed by atoms with van der Waals surface area (Å²) in [5.74, 6) is 0. The number of benzene rings is 3. The van der Waals surface area contributed by atoms with Gasteiger partial charge in [-0.15, -0.1) is 0 Å². The van der Waals surface area contributed by atoms with Crippen LogP contribution in [0.1, 0.15) is 20.8 Å². The van der Waals surface area contributed by atoms with E-state index in [-0.39, 0.29) is 0 Å². The molecule has 0 heterocycles. The van der Waals surface area contributed by atoms with Gasteiger partial charge in [0.15, 0.2) is 0 Å². The molecule has 0 N–H and O–H groups in total. The minimum atomic E-state index is -2.78. The summed E-state index contributed by atoms with van der Waals surface area (Å²) >= 11 is -2.78. The summed E-state index contributed by atoms with van der Waals surface area (Å²) in [5, 5.41) is 0. The van der Waals surface area contributed by atoms with Crippen LogP contribution >= 0.6 is 0 Å². The van der Waals surface area contributed by atoms with E-state index in [2.05, 4.69) is 112 Å². The third-order valence-corrected chi connectivity index (χ3v) is 40.8. The van der Waals surface area contributed by atoms with Gasteiger partial charge >= 0.3 is 162 Å². The van der Waals surface area contributed by atoms with Crippen molar-refractivity contribution in [2.75, 3.05) is 0 Å². The zero-order chi connectivity index (χ0) is 18.5. The molecule has 0 nitrogen and oxygen atoms in total. The zero-order valence-corrected chi connectivity index (χ0v) is 19.4. The van der Waals surface area contributed by atoms with E-state index in [0.29, 0.717) is 0 Å². The normalized spacial score (nSPS) is 12.1. The molecule has 26 heavy (non-hydrogen) atoms. The van der Waals surface area contributed by atoms with Crippen molar-refractivity contribution in [3.8, 4) is 0 Å². The van der Waals surface area contributed by atoms with Crippen molar-refractivity contribution in [3.63, 3.8) is 0 Å². The van der Waals surface area contributed by atoms with Crippen LogP contribution in [0, 0.1) is 0 Å². The summed E-state index contributed by atoms with van der Waals surface area (Å²) in [7, 11) is 0. The van der Waals surface area contributed by atoms with Crippen LogP contribution in [0.2, 0.25) is 18.1 Å². The fraction of sp³-hybridized carbons (Fsp3) is 0.250. The fourth-order valence-electron chi connectivity index (χ4n) is 5.03. The van der Waals surface area contributed by atoms with E-state index in [0.717, 1.165) is 0 Å². The molecule has 0 saturated heterocycles. The Kier molecular flexibility index (Phi) is 6.20. The monoisotopic (exact) mass is 420 g/mol. The Bertz CT molecular complexity index is 690. The third-order valence-electron chi connectivity index (χ3n) is 6.45. The molecule has 0 saturated carbocycles. The topological polar surface area (TPSA) is 0 Å². The molecule has 0 radical (unpaired) electrons. The van der Waals surface area contributed by atoms with Crippen molar-refractivity contribution in [3.05, 3.63) is 91.0 Å². The molecular weight excluding hydrogens is 389 g/mol. The van der Waals surface area contributed by atoms with Crippen LogP contribution in [0.3, 0.4) is 0 Å². The second-order valence-corrected chi connectivity index (χ2v) is 29.2. The van der Waals surface area contributed by atoms with Crippen molar-refractivity contribution >= 4 is 32.4 Å². The summed E-state index contributed by atoms with van der Waals surface area (Å²) in [6.07, 6.45) is 0. The molecular formula is C24H30GeSi. The molecule has 0 amide bonds. The van der Waals surface area contributed by atoms with Crippen molar-refractivity contribution in [1.82, 2.24) is 0 Å². The molecule has 0 unspecified atom stereocenters. The van der Waals surface area contributed by atoms with Gasteiger partial charge in [-0.25, -0.2) is 0 Å². The molecule has 134 valence electrons. The SMILES string of the molecule is CC[Si](CC)(CC)[Ge]([c]1ccccc1)([c]1ccccc1)[c]1ccccc1. The van der Waals surface area contributed by atoms with Crippen LogP contribution in [-0.2, 0) is 0 Å². The maximum atomic E-state index is 2.47. The maximum absolute atomic E-state index is 2.78. The van der Waals surface area contributed by atoms with Crippen molar-refractivity contribution < 1.29 is 0 Å². The van der Waals surface area contributed by atoms with E-state index in [1.807, 2.05) is 0 Å². The minimum absolute atomic E-state index is 1.36. The van der Waals surface area contributed by atoms with Gasteiger partial charge in [0, 0.05) is 0 Å². The van der Waals surface area contributed by atoms with Gasteiger partial charge in [0.2, 0.25) is 0 Å². The molecule has 3 aromatic rings. The number of hydrogen-bond donors (Lipinski definition) is 0. The van der Waals surface area contributed by atoms with Crippen LogP contribution in [0.5, 0.6) is 0 Å². The van der Waals surface area contributed by atoms with Gasteiger partial charge in [-0.2, -0.15) is 0 Å². The van der Waals surface area contributed by atoms with Gasteiger partial charge in [-0.05, 0) is 0 Å². The van der Waals surface area contributed by atoms with Crippen molar-refractivity contribution in [2.24, 2.45) is 0 Å². The Labute approximate surface area is 162 Å². The first kappa shape index (κ1) is 19.2. The standard InChI is InChI=1S/C24H30GeSi/c1-4-26(5-2,6-3)25(22-16-10-7-11-17-22,23-18-12-8-13-19-23)24-20-14-9-15-21-24/h7-21H,4-6H2,1-3H3. The summed E-state index contributed by atoms with van der Waals surface area (Å²) in [6.45, 7) is 5.87. The van der Waals surface area contributed by atoms with Crippen LogP contribution < -0.4 is 13.2 Å². The van der Waals surface area contributed by atoms with Crippen molar-refractivity contribution in [2.45, 2.75) is 38.9 Å². The first-order chi connectivity index (χ1) is 12.7. The molecule has 3 aromatic carbocycles. The molecule has 2 heteroatoms. The van der Waals surface area contributed by atoms with Crippen LogP contribution in [0.25, 0.3) is 0 Å². The first-order valence-electron chi connectivity index (χ1n) is 9.91. The Morgan fingerprint density at radius 1 is 0.500 bits per heavy atom. The van der Waals surface area contributed by atoms with Gasteiger partial charge in [0.1, 0.15) is 0 Å². The fourth-order valence-corrected chi connectivity index (χ4v) is 40.6. The predicted molar refractivity (Wildman–Crippen MR) is 121 cm³/mol. The van der Waals surface area contributed by atoms with Gasteiger partial charge in [-0.3, -0.25) is 0 Å². The summed E-state index contributed by atoms with van der Waals surface area (Å²) in [5.41, 5.74) is 0. The van der Waals surface area contributed by atoms with E-state index in [9.17, 15) is 0 Å². The van der Waals surface area contributed by atoms with Gasteiger partial charge in [0.25, 0.3) is 0 Å².